The van der Waals surface area contributed by atoms with Crippen LogP contribution in [-0.2, 0) is 11.2 Å². The minimum atomic E-state index is 0.247. The lowest BCUT2D eigenvalue weighted by Crippen LogP contribution is -2.48. The molecule has 0 radical (unpaired) electrons. The quantitative estimate of drug-likeness (QED) is 0.851. The molecule has 21 heavy (non-hydrogen) atoms. The van der Waals surface area contributed by atoms with Gasteiger partial charge in [-0.25, -0.2) is 0 Å². The topological polar surface area (TPSA) is 32.8 Å². The van der Waals surface area contributed by atoms with E-state index < -0.39 is 0 Å². The third-order valence-corrected chi connectivity index (χ3v) is 4.65. The van der Waals surface area contributed by atoms with Gasteiger partial charge in [0.05, 0.1) is 19.2 Å². The molecule has 2 fully saturated rings. The van der Waals surface area contributed by atoms with Gasteiger partial charge in [-0.1, -0.05) is 12.1 Å². The van der Waals surface area contributed by atoms with Crippen LogP contribution in [0.25, 0.3) is 0 Å². The van der Waals surface area contributed by atoms with Gasteiger partial charge in [-0.05, 0) is 50.4 Å². The standard InChI is InChI=1S/C17H24N2O2/c1-3-21-15-6-4-13(5-7-15)11-17(20)19-9-8-14-10-16(19)18(2)12-14/h4-7,14,16H,3,8-12H2,1-2H3. The van der Waals surface area contributed by atoms with Gasteiger partial charge < -0.3 is 9.64 Å². The Morgan fingerprint density at radius 1 is 1.33 bits per heavy atom. The van der Waals surface area contributed by atoms with Crippen molar-refractivity contribution in [2.45, 2.75) is 32.4 Å². The number of hydrogen-bond donors (Lipinski definition) is 0. The van der Waals surface area contributed by atoms with Gasteiger partial charge in [0, 0.05) is 13.1 Å². The molecule has 2 unspecified atom stereocenters. The van der Waals surface area contributed by atoms with Crippen molar-refractivity contribution in [3.63, 3.8) is 0 Å². The molecule has 0 N–H and O–H groups in total. The molecule has 2 atom stereocenters. The molecule has 1 aromatic rings. The Bertz CT molecular complexity index is 500. The summed E-state index contributed by atoms with van der Waals surface area (Å²) in [5, 5.41) is 0. The lowest BCUT2D eigenvalue weighted by molar-refractivity contribution is -0.136. The van der Waals surface area contributed by atoms with Crippen LogP contribution in [-0.4, -0.2) is 48.6 Å². The Morgan fingerprint density at radius 2 is 2.10 bits per heavy atom. The zero-order valence-corrected chi connectivity index (χ0v) is 12.9. The third kappa shape index (κ3) is 3.05. The summed E-state index contributed by atoms with van der Waals surface area (Å²) in [7, 11) is 2.13. The second kappa shape index (κ2) is 6.06. The second-order valence-corrected chi connectivity index (χ2v) is 6.15. The average Bonchev–Trinajstić information content (AvgIpc) is 2.76. The Hall–Kier alpha value is -1.55. The highest BCUT2D eigenvalue weighted by molar-refractivity contribution is 5.79. The first-order valence-electron chi connectivity index (χ1n) is 7.89. The average molecular weight is 288 g/mol. The minimum Gasteiger partial charge on any atom is -0.494 e. The van der Waals surface area contributed by atoms with Gasteiger partial charge in [0.25, 0.3) is 0 Å². The summed E-state index contributed by atoms with van der Waals surface area (Å²) in [6, 6.07) is 7.88. The number of carbonyl (C=O) groups is 1. The molecule has 4 heteroatoms. The molecule has 0 spiro atoms. The van der Waals surface area contributed by atoms with E-state index in [0.29, 0.717) is 19.2 Å². The molecule has 2 heterocycles. The van der Waals surface area contributed by atoms with Gasteiger partial charge in [-0.15, -0.1) is 0 Å². The second-order valence-electron chi connectivity index (χ2n) is 6.15. The van der Waals surface area contributed by atoms with E-state index in [9.17, 15) is 4.79 Å². The van der Waals surface area contributed by atoms with E-state index in [-0.39, 0.29) is 5.91 Å². The lowest BCUT2D eigenvalue weighted by atomic mass is 9.98. The molecule has 4 nitrogen and oxygen atoms in total. The fourth-order valence-electron chi connectivity index (χ4n) is 3.56. The molecule has 1 amide bonds. The summed E-state index contributed by atoms with van der Waals surface area (Å²) in [6.07, 6.45) is 3.10. The third-order valence-electron chi connectivity index (χ3n) is 4.65. The number of fused-ring (bicyclic) bond motifs is 2. The monoisotopic (exact) mass is 288 g/mol. The van der Waals surface area contributed by atoms with Crippen molar-refractivity contribution < 1.29 is 9.53 Å². The minimum absolute atomic E-state index is 0.247. The molecule has 114 valence electrons. The zero-order valence-electron chi connectivity index (χ0n) is 12.9. The number of likely N-dealkylation sites (tertiary alicyclic amines) is 2. The fraction of sp³-hybridized carbons (Fsp3) is 0.588. The van der Waals surface area contributed by atoms with Crippen molar-refractivity contribution in [1.82, 2.24) is 9.80 Å². The molecule has 0 aliphatic carbocycles. The summed E-state index contributed by atoms with van der Waals surface area (Å²) in [5.74, 6) is 1.90. The molecule has 2 saturated heterocycles. The fourth-order valence-corrected chi connectivity index (χ4v) is 3.56. The number of ether oxygens (including phenoxy) is 1. The number of nitrogens with zero attached hydrogens (tertiary/aromatic N) is 2. The van der Waals surface area contributed by atoms with E-state index in [4.69, 9.17) is 4.74 Å². The van der Waals surface area contributed by atoms with E-state index in [0.717, 1.165) is 43.2 Å². The predicted molar refractivity (Wildman–Crippen MR) is 82.2 cm³/mol. The van der Waals surface area contributed by atoms with Crippen LogP contribution in [0.1, 0.15) is 25.3 Å². The summed E-state index contributed by atoms with van der Waals surface area (Å²) in [6.45, 7) is 4.69. The van der Waals surface area contributed by atoms with Gasteiger partial charge >= 0.3 is 0 Å². The van der Waals surface area contributed by atoms with E-state index in [1.807, 2.05) is 31.2 Å². The van der Waals surface area contributed by atoms with Crippen LogP contribution < -0.4 is 4.74 Å². The SMILES string of the molecule is CCOc1ccc(CC(=O)N2CCC3CC2N(C)C3)cc1. The highest BCUT2D eigenvalue weighted by Crippen LogP contribution is 2.32. The summed E-state index contributed by atoms with van der Waals surface area (Å²) in [5.41, 5.74) is 1.06. The molecule has 3 rings (SSSR count). The van der Waals surface area contributed by atoms with Crippen LogP contribution in [0, 0.1) is 5.92 Å². The molecular formula is C17H24N2O2. The van der Waals surface area contributed by atoms with E-state index >= 15 is 0 Å². The highest BCUT2D eigenvalue weighted by Gasteiger charge is 2.39. The van der Waals surface area contributed by atoms with Crippen LogP contribution in [0.5, 0.6) is 5.75 Å². The number of hydrogen-bond acceptors (Lipinski definition) is 3. The number of rotatable bonds is 4. The molecular weight excluding hydrogens is 264 g/mol. The Morgan fingerprint density at radius 3 is 2.81 bits per heavy atom. The Labute approximate surface area is 126 Å². The van der Waals surface area contributed by atoms with Crippen LogP contribution in [0.2, 0.25) is 0 Å². The summed E-state index contributed by atoms with van der Waals surface area (Å²) >= 11 is 0. The number of piperidine rings is 1. The smallest absolute Gasteiger partial charge is 0.228 e. The maximum Gasteiger partial charge on any atom is 0.228 e. The van der Waals surface area contributed by atoms with Crippen LogP contribution in [0.15, 0.2) is 24.3 Å². The highest BCUT2D eigenvalue weighted by atomic mass is 16.5. The lowest BCUT2D eigenvalue weighted by Gasteiger charge is -2.35. The van der Waals surface area contributed by atoms with Crippen molar-refractivity contribution in [2.75, 3.05) is 26.7 Å². The van der Waals surface area contributed by atoms with E-state index in [1.165, 1.54) is 0 Å². The first-order valence-corrected chi connectivity index (χ1v) is 7.89. The van der Waals surface area contributed by atoms with Crippen molar-refractivity contribution in [1.29, 1.82) is 0 Å². The van der Waals surface area contributed by atoms with Gasteiger partial charge in [0.2, 0.25) is 5.91 Å². The largest absolute Gasteiger partial charge is 0.494 e. The van der Waals surface area contributed by atoms with E-state index in [1.54, 1.807) is 0 Å². The van der Waals surface area contributed by atoms with Crippen LogP contribution in [0.4, 0.5) is 0 Å². The molecule has 2 aliphatic heterocycles. The Kier molecular flexibility index (Phi) is 4.15. The van der Waals surface area contributed by atoms with Crippen LogP contribution in [0.3, 0.4) is 0 Å². The molecule has 0 aromatic heterocycles. The first-order chi connectivity index (χ1) is 10.2. The molecule has 2 aliphatic rings. The first kappa shape index (κ1) is 14.4. The van der Waals surface area contributed by atoms with Crippen molar-refractivity contribution in [2.24, 2.45) is 5.92 Å². The van der Waals surface area contributed by atoms with Crippen LogP contribution >= 0.6 is 0 Å². The van der Waals surface area contributed by atoms with E-state index in [2.05, 4.69) is 16.8 Å². The maximum absolute atomic E-state index is 12.6. The summed E-state index contributed by atoms with van der Waals surface area (Å²) in [4.78, 5) is 17.0. The summed E-state index contributed by atoms with van der Waals surface area (Å²) < 4.78 is 5.43. The molecule has 1 aromatic carbocycles. The zero-order chi connectivity index (χ0) is 14.8. The maximum atomic E-state index is 12.6. The molecule has 2 bridgehead atoms. The van der Waals surface area contributed by atoms with Gasteiger partial charge in [0.1, 0.15) is 5.75 Å². The van der Waals surface area contributed by atoms with Gasteiger partial charge in [-0.3, -0.25) is 9.69 Å². The predicted octanol–water partition coefficient (Wildman–Crippen LogP) is 2.14. The van der Waals surface area contributed by atoms with Crippen molar-refractivity contribution >= 4 is 5.91 Å². The Balaban J connectivity index is 1.63. The number of amides is 1. The normalized spacial score (nSPS) is 25.1. The van der Waals surface area contributed by atoms with Gasteiger partial charge in [-0.2, -0.15) is 0 Å². The van der Waals surface area contributed by atoms with Crippen molar-refractivity contribution in [3.05, 3.63) is 29.8 Å². The van der Waals surface area contributed by atoms with Crippen molar-refractivity contribution in [3.8, 4) is 5.75 Å². The molecule has 0 saturated carbocycles. The number of benzene rings is 1. The number of carbonyl (C=O) groups excluding carboxylic acids is 1. The van der Waals surface area contributed by atoms with Gasteiger partial charge in [0.15, 0.2) is 0 Å².